The molecular formula is C12H15ClIN3O3. The molecule has 0 radical (unpaired) electrons. The monoisotopic (exact) mass is 411 g/mol. The van der Waals surface area contributed by atoms with Crippen molar-refractivity contribution in [3.8, 4) is 0 Å². The number of hydrogen-bond acceptors (Lipinski definition) is 4. The topological polar surface area (TPSA) is 89.5 Å². The minimum atomic E-state index is -0.463. The van der Waals surface area contributed by atoms with Crippen molar-refractivity contribution in [2.24, 2.45) is 5.73 Å². The molecule has 1 unspecified atom stereocenters. The molecule has 20 heavy (non-hydrogen) atoms. The number of nitrogens with two attached hydrogens (primary N) is 1. The van der Waals surface area contributed by atoms with Crippen LogP contribution in [0.2, 0.25) is 0 Å². The highest BCUT2D eigenvalue weighted by molar-refractivity contribution is 14.1. The summed E-state index contributed by atoms with van der Waals surface area (Å²) in [6, 6.07) is 4.39. The first-order valence-corrected chi connectivity index (χ1v) is 7.07. The highest BCUT2D eigenvalue weighted by atomic mass is 127. The van der Waals surface area contributed by atoms with Gasteiger partial charge in [0, 0.05) is 34.8 Å². The van der Waals surface area contributed by atoms with Crippen molar-refractivity contribution in [3.63, 3.8) is 0 Å². The number of carbonyl (C=O) groups is 1. The van der Waals surface area contributed by atoms with Gasteiger partial charge in [-0.25, -0.2) is 0 Å². The van der Waals surface area contributed by atoms with Gasteiger partial charge in [0.15, 0.2) is 0 Å². The number of amides is 1. The predicted octanol–water partition coefficient (Wildman–Crippen LogP) is 2.18. The zero-order chi connectivity index (χ0) is 14.0. The summed E-state index contributed by atoms with van der Waals surface area (Å²) < 4.78 is 0.597. The summed E-state index contributed by atoms with van der Waals surface area (Å²) >= 11 is 1.96. The van der Waals surface area contributed by atoms with Gasteiger partial charge >= 0.3 is 0 Å². The van der Waals surface area contributed by atoms with Crippen LogP contribution in [0.25, 0.3) is 0 Å². The lowest BCUT2D eigenvalue weighted by Crippen LogP contribution is -2.40. The number of halogens is 2. The van der Waals surface area contributed by atoms with Crippen LogP contribution in [-0.4, -0.2) is 34.9 Å². The third-order valence-corrected chi connectivity index (χ3v) is 4.20. The zero-order valence-electron chi connectivity index (χ0n) is 10.6. The summed E-state index contributed by atoms with van der Waals surface area (Å²) in [7, 11) is 0. The maximum Gasteiger partial charge on any atom is 0.270 e. The lowest BCUT2D eigenvalue weighted by Gasteiger charge is -2.23. The van der Waals surface area contributed by atoms with Crippen molar-refractivity contribution in [3.05, 3.63) is 37.4 Å². The highest BCUT2D eigenvalue weighted by Crippen LogP contribution is 2.24. The molecule has 1 heterocycles. The molecule has 1 aliphatic rings. The van der Waals surface area contributed by atoms with Crippen LogP contribution >= 0.6 is 35.0 Å². The number of likely N-dealkylation sites (tertiary alicyclic amines) is 1. The SMILES string of the molecule is Cl.NCC1CCCN1C(=O)c1ccc([N+](=O)[O-])cc1I. The van der Waals surface area contributed by atoms with Crippen molar-refractivity contribution in [2.75, 3.05) is 13.1 Å². The molecule has 110 valence electrons. The van der Waals surface area contributed by atoms with Gasteiger partial charge in [0.1, 0.15) is 0 Å². The molecule has 0 spiro atoms. The molecule has 6 nitrogen and oxygen atoms in total. The number of nitrogens with zero attached hydrogens (tertiary/aromatic N) is 2. The number of hydrogen-bond donors (Lipinski definition) is 1. The minimum Gasteiger partial charge on any atom is -0.334 e. The van der Waals surface area contributed by atoms with E-state index in [1.807, 2.05) is 22.6 Å². The Labute approximate surface area is 136 Å². The number of non-ortho nitro benzene ring substituents is 1. The van der Waals surface area contributed by atoms with Crippen molar-refractivity contribution >= 4 is 46.6 Å². The molecular weight excluding hydrogens is 397 g/mol. The minimum absolute atomic E-state index is 0. The molecule has 0 saturated carbocycles. The summed E-state index contributed by atoms with van der Waals surface area (Å²) in [4.78, 5) is 24.4. The first-order valence-electron chi connectivity index (χ1n) is 5.99. The largest absolute Gasteiger partial charge is 0.334 e. The van der Waals surface area contributed by atoms with Crippen LogP contribution < -0.4 is 5.73 Å². The fourth-order valence-corrected chi connectivity index (χ4v) is 3.02. The van der Waals surface area contributed by atoms with Gasteiger partial charge < -0.3 is 10.6 Å². The zero-order valence-corrected chi connectivity index (χ0v) is 13.6. The van der Waals surface area contributed by atoms with Crippen LogP contribution in [0.4, 0.5) is 5.69 Å². The lowest BCUT2D eigenvalue weighted by atomic mass is 10.1. The summed E-state index contributed by atoms with van der Waals surface area (Å²) in [6.07, 6.45) is 1.88. The fraction of sp³-hybridized carbons (Fsp3) is 0.417. The molecule has 1 saturated heterocycles. The number of rotatable bonds is 3. The molecule has 1 aromatic rings. The Kier molecular flexibility index (Phi) is 6.15. The van der Waals surface area contributed by atoms with Gasteiger partial charge in [-0.15, -0.1) is 12.4 Å². The quantitative estimate of drug-likeness (QED) is 0.469. The van der Waals surface area contributed by atoms with Gasteiger partial charge in [0.25, 0.3) is 11.6 Å². The Bertz CT molecular complexity index is 527. The summed E-state index contributed by atoms with van der Waals surface area (Å²) in [5.74, 6) is -0.0905. The van der Waals surface area contributed by atoms with Crippen LogP contribution in [0.5, 0.6) is 0 Å². The van der Waals surface area contributed by atoms with Crippen LogP contribution in [0.1, 0.15) is 23.2 Å². The molecule has 2 rings (SSSR count). The van der Waals surface area contributed by atoms with E-state index in [1.165, 1.54) is 18.2 Å². The molecule has 2 N–H and O–H groups in total. The number of carbonyl (C=O) groups excluding carboxylic acids is 1. The van der Waals surface area contributed by atoms with Crippen molar-refractivity contribution in [2.45, 2.75) is 18.9 Å². The Morgan fingerprint density at radius 3 is 2.80 bits per heavy atom. The molecule has 1 aliphatic heterocycles. The van der Waals surface area contributed by atoms with Gasteiger partial charge in [-0.2, -0.15) is 0 Å². The van der Waals surface area contributed by atoms with E-state index in [0.717, 1.165) is 12.8 Å². The predicted molar refractivity (Wildman–Crippen MR) is 86.2 cm³/mol. The standard InChI is InChI=1S/C12H14IN3O3.ClH/c13-11-6-8(16(18)19)3-4-10(11)12(17)15-5-1-2-9(15)7-14;/h3-4,6,9H,1-2,5,7,14H2;1H. The van der Waals surface area contributed by atoms with Crippen LogP contribution in [0.3, 0.4) is 0 Å². The third-order valence-electron chi connectivity index (χ3n) is 3.30. The van der Waals surface area contributed by atoms with E-state index in [1.54, 1.807) is 4.90 Å². The highest BCUT2D eigenvalue weighted by Gasteiger charge is 2.29. The van der Waals surface area contributed by atoms with E-state index in [4.69, 9.17) is 5.73 Å². The maximum atomic E-state index is 12.4. The van der Waals surface area contributed by atoms with Crippen molar-refractivity contribution in [1.29, 1.82) is 0 Å². The molecule has 8 heteroatoms. The van der Waals surface area contributed by atoms with Gasteiger partial charge in [0.2, 0.25) is 0 Å². The van der Waals surface area contributed by atoms with E-state index in [2.05, 4.69) is 0 Å². The molecule has 1 fully saturated rings. The van der Waals surface area contributed by atoms with Gasteiger partial charge in [-0.1, -0.05) is 0 Å². The van der Waals surface area contributed by atoms with Gasteiger partial charge in [-0.05, 0) is 41.5 Å². The number of nitro benzene ring substituents is 1. The second-order valence-electron chi connectivity index (χ2n) is 4.45. The van der Waals surface area contributed by atoms with Crippen LogP contribution in [-0.2, 0) is 0 Å². The van der Waals surface area contributed by atoms with E-state index in [9.17, 15) is 14.9 Å². The Morgan fingerprint density at radius 1 is 1.55 bits per heavy atom. The fourth-order valence-electron chi connectivity index (χ4n) is 2.29. The smallest absolute Gasteiger partial charge is 0.270 e. The first kappa shape index (κ1) is 17.1. The third kappa shape index (κ3) is 3.39. The van der Waals surface area contributed by atoms with E-state index in [-0.39, 0.29) is 30.0 Å². The first-order chi connectivity index (χ1) is 9.04. The Hall–Kier alpha value is -0.930. The van der Waals surface area contributed by atoms with Gasteiger partial charge in [0.05, 0.1) is 10.5 Å². The lowest BCUT2D eigenvalue weighted by molar-refractivity contribution is -0.384. The van der Waals surface area contributed by atoms with Crippen molar-refractivity contribution < 1.29 is 9.72 Å². The Balaban J connectivity index is 0.00000200. The number of nitro groups is 1. The number of benzene rings is 1. The normalized spacial score (nSPS) is 17.7. The van der Waals surface area contributed by atoms with Gasteiger partial charge in [-0.3, -0.25) is 14.9 Å². The van der Waals surface area contributed by atoms with E-state index in [0.29, 0.717) is 22.2 Å². The summed E-state index contributed by atoms with van der Waals surface area (Å²) in [5, 5.41) is 10.7. The molecule has 1 amide bonds. The van der Waals surface area contributed by atoms with E-state index >= 15 is 0 Å². The second-order valence-corrected chi connectivity index (χ2v) is 5.61. The summed E-state index contributed by atoms with van der Waals surface area (Å²) in [6.45, 7) is 1.16. The average Bonchev–Trinajstić information content (AvgIpc) is 2.85. The molecule has 1 atom stereocenters. The molecule has 1 aromatic carbocycles. The molecule has 0 aliphatic carbocycles. The molecule has 0 bridgehead atoms. The Morgan fingerprint density at radius 2 is 2.25 bits per heavy atom. The van der Waals surface area contributed by atoms with Crippen LogP contribution in [0.15, 0.2) is 18.2 Å². The van der Waals surface area contributed by atoms with Crippen molar-refractivity contribution in [1.82, 2.24) is 4.90 Å². The second kappa shape index (κ2) is 7.19. The summed E-state index contributed by atoms with van der Waals surface area (Å²) in [5.41, 5.74) is 6.16. The van der Waals surface area contributed by atoms with Crippen LogP contribution in [0, 0.1) is 13.7 Å². The maximum absolute atomic E-state index is 12.4. The van der Waals surface area contributed by atoms with E-state index < -0.39 is 4.92 Å². The average molecular weight is 412 g/mol. The molecule has 0 aromatic heterocycles.